The smallest absolute Gasteiger partial charge is 0.258 e. The number of nitrogens with one attached hydrogen (secondary N) is 2. The average molecular weight is 403 g/mol. The van der Waals surface area contributed by atoms with Gasteiger partial charge in [0.15, 0.2) is 6.61 Å². The third kappa shape index (κ3) is 7.24. The highest BCUT2D eigenvalue weighted by atomic mass is 35.5. The summed E-state index contributed by atoms with van der Waals surface area (Å²) >= 11 is 6.12. The van der Waals surface area contributed by atoms with E-state index in [0.29, 0.717) is 36.7 Å². The Kier molecular flexibility index (Phi) is 8.33. The molecule has 0 atom stereocenters. The third-order valence-corrected chi connectivity index (χ3v) is 4.91. The minimum Gasteiger partial charge on any atom is -0.484 e. The van der Waals surface area contributed by atoms with Crippen molar-refractivity contribution in [3.8, 4) is 5.75 Å². The Morgan fingerprint density at radius 2 is 1.50 bits per heavy atom. The van der Waals surface area contributed by atoms with E-state index in [2.05, 4.69) is 10.6 Å². The number of amides is 2. The summed E-state index contributed by atoms with van der Waals surface area (Å²) in [4.78, 5) is 23.7. The molecule has 2 N–H and O–H groups in total. The van der Waals surface area contributed by atoms with Gasteiger partial charge in [0.1, 0.15) is 5.75 Å². The van der Waals surface area contributed by atoms with E-state index in [-0.39, 0.29) is 18.4 Å². The number of ether oxygens (including phenoxy) is 1. The van der Waals surface area contributed by atoms with Crippen LogP contribution < -0.4 is 15.4 Å². The molecule has 0 bridgehead atoms. The van der Waals surface area contributed by atoms with Crippen LogP contribution in [0.15, 0.2) is 36.4 Å². The van der Waals surface area contributed by atoms with E-state index in [9.17, 15) is 9.59 Å². The number of halogens is 1. The predicted molar refractivity (Wildman–Crippen MR) is 112 cm³/mol. The van der Waals surface area contributed by atoms with Gasteiger partial charge in [-0.3, -0.25) is 9.59 Å². The Morgan fingerprint density at radius 1 is 0.929 bits per heavy atom. The Morgan fingerprint density at radius 3 is 2.11 bits per heavy atom. The van der Waals surface area contributed by atoms with E-state index in [1.807, 2.05) is 45.0 Å². The average Bonchev–Trinajstić information content (AvgIpc) is 2.67. The molecule has 2 rings (SSSR count). The van der Waals surface area contributed by atoms with Gasteiger partial charge in [-0.25, -0.2) is 0 Å². The fraction of sp³-hybridized carbons (Fsp3) is 0.364. The Labute approximate surface area is 171 Å². The number of hydrogen-bond donors (Lipinski definition) is 2. The first-order valence-electron chi connectivity index (χ1n) is 9.33. The van der Waals surface area contributed by atoms with Crippen LogP contribution in [0.2, 0.25) is 5.02 Å². The van der Waals surface area contributed by atoms with Crippen LogP contribution in [0, 0.1) is 20.8 Å². The molecule has 0 spiro atoms. The van der Waals surface area contributed by atoms with Gasteiger partial charge in [-0.1, -0.05) is 41.4 Å². The van der Waals surface area contributed by atoms with Crippen LogP contribution in [0.25, 0.3) is 0 Å². The molecule has 28 heavy (non-hydrogen) atoms. The summed E-state index contributed by atoms with van der Waals surface area (Å²) in [5.74, 6) is 0.344. The molecule has 5 nitrogen and oxygen atoms in total. The second-order valence-electron chi connectivity index (χ2n) is 6.85. The molecule has 6 heteroatoms. The normalized spacial score (nSPS) is 10.4. The molecule has 0 aromatic heterocycles. The quantitative estimate of drug-likeness (QED) is 0.631. The van der Waals surface area contributed by atoms with Crippen LogP contribution >= 0.6 is 11.6 Å². The zero-order valence-corrected chi connectivity index (χ0v) is 17.4. The summed E-state index contributed by atoms with van der Waals surface area (Å²) in [5, 5.41) is 6.23. The maximum atomic E-state index is 11.9. The van der Waals surface area contributed by atoms with Crippen molar-refractivity contribution in [1.82, 2.24) is 10.6 Å². The number of aryl methyl sites for hydroxylation is 4. The summed E-state index contributed by atoms with van der Waals surface area (Å²) in [6, 6.07) is 11.8. The van der Waals surface area contributed by atoms with Crippen LogP contribution in [0.5, 0.6) is 5.75 Å². The molecule has 2 aromatic rings. The summed E-state index contributed by atoms with van der Waals surface area (Å²) in [5.41, 5.74) is 4.16. The fourth-order valence-electron chi connectivity index (χ4n) is 2.69. The van der Waals surface area contributed by atoms with Gasteiger partial charge < -0.3 is 15.4 Å². The Bertz CT molecular complexity index is 796. The molecule has 0 aliphatic rings. The standard InChI is InChI=1S/C22H27ClN2O3/c1-15-4-6-18(7-5-15)8-9-20(26)24-10-11-25-21(27)14-28-19-12-16(2)22(23)17(3)13-19/h4-7,12-13H,8-11,14H2,1-3H3,(H,24,26)(H,25,27). The van der Waals surface area contributed by atoms with Gasteiger partial charge in [0.25, 0.3) is 5.91 Å². The highest BCUT2D eigenvalue weighted by Crippen LogP contribution is 2.25. The van der Waals surface area contributed by atoms with E-state index >= 15 is 0 Å². The first kappa shape index (κ1) is 21.8. The first-order chi connectivity index (χ1) is 13.3. The van der Waals surface area contributed by atoms with Gasteiger partial charge in [0.2, 0.25) is 5.91 Å². The summed E-state index contributed by atoms with van der Waals surface area (Å²) in [7, 11) is 0. The van der Waals surface area contributed by atoms with Crippen molar-refractivity contribution >= 4 is 23.4 Å². The Balaban J connectivity index is 1.60. The van der Waals surface area contributed by atoms with Crippen molar-refractivity contribution in [2.75, 3.05) is 19.7 Å². The minimum atomic E-state index is -0.237. The van der Waals surface area contributed by atoms with Gasteiger partial charge in [-0.05, 0) is 56.0 Å². The molecular weight excluding hydrogens is 376 g/mol. The molecule has 2 aromatic carbocycles. The molecule has 0 radical (unpaired) electrons. The summed E-state index contributed by atoms with van der Waals surface area (Å²) < 4.78 is 5.50. The van der Waals surface area contributed by atoms with Crippen molar-refractivity contribution in [3.63, 3.8) is 0 Å². The van der Waals surface area contributed by atoms with Gasteiger partial charge in [-0.2, -0.15) is 0 Å². The molecule has 150 valence electrons. The molecule has 0 fully saturated rings. The lowest BCUT2D eigenvalue weighted by Gasteiger charge is -2.11. The van der Waals surface area contributed by atoms with Crippen molar-refractivity contribution in [3.05, 3.63) is 63.7 Å². The topological polar surface area (TPSA) is 67.4 Å². The number of hydrogen-bond acceptors (Lipinski definition) is 3. The predicted octanol–water partition coefficient (Wildman–Crippen LogP) is 3.51. The lowest BCUT2D eigenvalue weighted by atomic mass is 10.1. The van der Waals surface area contributed by atoms with Crippen LogP contribution in [-0.2, 0) is 16.0 Å². The molecular formula is C22H27ClN2O3. The molecule has 2 amide bonds. The molecule has 0 saturated heterocycles. The second kappa shape index (κ2) is 10.7. The first-order valence-corrected chi connectivity index (χ1v) is 9.71. The molecule has 0 heterocycles. The summed E-state index contributed by atoms with van der Waals surface area (Å²) in [6.45, 7) is 6.48. The van der Waals surface area contributed by atoms with Crippen molar-refractivity contribution in [1.29, 1.82) is 0 Å². The largest absolute Gasteiger partial charge is 0.484 e. The molecule has 0 aliphatic heterocycles. The number of rotatable bonds is 9. The van der Waals surface area contributed by atoms with E-state index in [1.54, 1.807) is 12.1 Å². The van der Waals surface area contributed by atoms with Gasteiger partial charge in [-0.15, -0.1) is 0 Å². The van der Waals surface area contributed by atoms with E-state index < -0.39 is 0 Å². The molecule has 0 unspecified atom stereocenters. The van der Waals surface area contributed by atoms with Gasteiger partial charge in [0.05, 0.1) is 0 Å². The number of carbonyl (C=O) groups excluding carboxylic acids is 2. The fourth-order valence-corrected chi connectivity index (χ4v) is 2.80. The van der Waals surface area contributed by atoms with Crippen LogP contribution in [-0.4, -0.2) is 31.5 Å². The SMILES string of the molecule is Cc1ccc(CCC(=O)NCCNC(=O)COc2cc(C)c(Cl)c(C)c2)cc1. The van der Waals surface area contributed by atoms with E-state index in [1.165, 1.54) is 5.56 Å². The monoisotopic (exact) mass is 402 g/mol. The maximum absolute atomic E-state index is 11.9. The highest BCUT2D eigenvalue weighted by molar-refractivity contribution is 6.32. The summed E-state index contributed by atoms with van der Waals surface area (Å²) in [6.07, 6.45) is 1.13. The van der Waals surface area contributed by atoms with Crippen LogP contribution in [0.1, 0.15) is 28.7 Å². The zero-order chi connectivity index (χ0) is 20.5. The Hall–Kier alpha value is -2.53. The van der Waals surface area contributed by atoms with E-state index in [0.717, 1.165) is 16.7 Å². The van der Waals surface area contributed by atoms with Gasteiger partial charge in [0, 0.05) is 24.5 Å². The van der Waals surface area contributed by atoms with Crippen molar-refractivity contribution in [2.45, 2.75) is 33.6 Å². The third-order valence-electron chi connectivity index (χ3n) is 4.31. The number of benzene rings is 2. The molecule has 0 aliphatic carbocycles. The van der Waals surface area contributed by atoms with Crippen LogP contribution in [0.4, 0.5) is 0 Å². The zero-order valence-electron chi connectivity index (χ0n) is 16.6. The minimum absolute atomic E-state index is 0.0295. The second-order valence-corrected chi connectivity index (χ2v) is 7.22. The van der Waals surface area contributed by atoms with Crippen molar-refractivity contribution in [2.24, 2.45) is 0 Å². The van der Waals surface area contributed by atoms with Gasteiger partial charge >= 0.3 is 0 Å². The lowest BCUT2D eigenvalue weighted by molar-refractivity contribution is -0.124. The number of carbonyl (C=O) groups is 2. The molecule has 0 saturated carbocycles. The highest BCUT2D eigenvalue weighted by Gasteiger charge is 2.07. The van der Waals surface area contributed by atoms with Crippen LogP contribution in [0.3, 0.4) is 0 Å². The van der Waals surface area contributed by atoms with E-state index in [4.69, 9.17) is 16.3 Å². The maximum Gasteiger partial charge on any atom is 0.258 e. The van der Waals surface area contributed by atoms with Crippen molar-refractivity contribution < 1.29 is 14.3 Å². The lowest BCUT2D eigenvalue weighted by Crippen LogP contribution is -2.36.